The normalized spacial score (nSPS) is 11.7. The van der Waals surface area contributed by atoms with Gasteiger partial charge in [-0.3, -0.25) is 4.79 Å². The topological polar surface area (TPSA) is 80.5 Å². The van der Waals surface area contributed by atoms with Crippen LogP contribution in [0.15, 0.2) is 79.8 Å². The molecule has 5 rings (SSSR count). The van der Waals surface area contributed by atoms with Crippen LogP contribution in [0.5, 0.6) is 0 Å². The number of rotatable bonds is 6. The van der Waals surface area contributed by atoms with Crippen molar-refractivity contribution in [3.8, 4) is 16.8 Å². The summed E-state index contributed by atoms with van der Waals surface area (Å²) in [4.78, 5) is 19.5. The van der Waals surface area contributed by atoms with E-state index in [4.69, 9.17) is 0 Å². The van der Waals surface area contributed by atoms with Crippen LogP contribution in [0.2, 0.25) is 0 Å². The number of anilines is 1. The predicted octanol–water partition coefficient (Wildman–Crippen LogP) is 5.26. The van der Waals surface area contributed by atoms with Gasteiger partial charge in [-0.2, -0.15) is 18.3 Å². The summed E-state index contributed by atoms with van der Waals surface area (Å²) in [5.74, 6) is -0.116. The lowest BCUT2D eigenvalue weighted by Gasteiger charge is -2.07. The molecule has 172 valence electrons. The number of amides is 1. The first-order valence-corrected chi connectivity index (χ1v) is 10.5. The first-order valence-electron chi connectivity index (χ1n) is 10.5. The molecule has 7 nitrogen and oxygen atoms in total. The Balaban J connectivity index is 1.34. The van der Waals surface area contributed by atoms with Crippen LogP contribution in [0.3, 0.4) is 0 Å². The van der Waals surface area contributed by atoms with E-state index in [-0.39, 0.29) is 5.91 Å². The van der Waals surface area contributed by atoms with Gasteiger partial charge in [0.15, 0.2) is 0 Å². The van der Waals surface area contributed by atoms with Gasteiger partial charge in [0.1, 0.15) is 0 Å². The third-order valence-electron chi connectivity index (χ3n) is 5.49. The molecular formula is C24H19F3N6O. The van der Waals surface area contributed by atoms with E-state index in [1.807, 2.05) is 22.8 Å². The van der Waals surface area contributed by atoms with E-state index in [1.54, 1.807) is 37.3 Å². The summed E-state index contributed by atoms with van der Waals surface area (Å²) in [5, 5.41) is 8.07. The van der Waals surface area contributed by atoms with Crippen molar-refractivity contribution in [2.24, 2.45) is 0 Å². The first kappa shape index (κ1) is 21.5. The number of fused-ring (bicyclic) bond motifs is 1. The first-order chi connectivity index (χ1) is 16.4. The molecule has 0 saturated heterocycles. The second kappa shape index (κ2) is 8.54. The summed E-state index contributed by atoms with van der Waals surface area (Å²) >= 11 is 0. The van der Waals surface area contributed by atoms with E-state index in [1.165, 1.54) is 16.8 Å². The van der Waals surface area contributed by atoms with Crippen molar-refractivity contribution in [2.75, 3.05) is 5.32 Å². The number of nitrogens with one attached hydrogen (secondary N) is 2. The maximum absolute atomic E-state index is 12.8. The Bertz CT molecular complexity index is 1430. The molecule has 0 fully saturated rings. The minimum atomic E-state index is -4.38. The molecule has 0 radical (unpaired) electrons. The Kier molecular flexibility index (Phi) is 5.40. The number of hydrogen-bond donors (Lipinski definition) is 2. The summed E-state index contributed by atoms with van der Waals surface area (Å²) in [6.07, 6.45) is 6.20. The highest BCUT2D eigenvalue weighted by Crippen LogP contribution is 2.31. The van der Waals surface area contributed by atoms with Gasteiger partial charge in [-0.1, -0.05) is 6.07 Å². The van der Waals surface area contributed by atoms with Gasteiger partial charge in [-0.15, -0.1) is 0 Å². The summed E-state index contributed by atoms with van der Waals surface area (Å²) in [5.41, 5.74) is 3.00. The van der Waals surface area contributed by atoms with Crippen molar-refractivity contribution in [3.05, 3.63) is 85.3 Å². The van der Waals surface area contributed by atoms with Gasteiger partial charge in [0, 0.05) is 54.2 Å². The highest BCUT2D eigenvalue weighted by Gasteiger charge is 2.30. The number of halogens is 3. The van der Waals surface area contributed by atoms with Crippen LogP contribution in [-0.4, -0.2) is 30.2 Å². The van der Waals surface area contributed by atoms with Crippen LogP contribution in [-0.2, 0) is 17.5 Å². The minimum absolute atomic E-state index is 0.116. The Hall–Kier alpha value is -4.34. The van der Waals surface area contributed by atoms with Crippen LogP contribution in [0, 0.1) is 0 Å². The third-order valence-corrected chi connectivity index (χ3v) is 5.49. The molecule has 0 aliphatic rings. The zero-order chi connectivity index (χ0) is 23.7. The summed E-state index contributed by atoms with van der Waals surface area (Å²) in [6.45, 7) is 0.530. The van der Waals surface area contributed by atoms with E-state index >= 15 is 0 Å². The SMILES string of the molecule is O=C(CCn1ccnc1)Nc1c[nH]c2ccc(-c3cnn(-c4ccc(C(F)(F)F)cc4)c3)cc12. The molecular weight excluding hydrogens is 445 g/mol. The van der Waals surface area contributed by atoms with Crippen molar-refractivity contribution >= 4 is 22.5 Å². The lowest BCUT2D eigenvalue weighted by atomic mass is 10.1. The number of benzene rings is 2. The van der Waals surface area contributed by atoms with Crippen molar-refractivity contribution in [2.45, 2.75) is 19.1 Å². The fraction of sp³-hybridized carbons (Fsp3) is 0.125. The largest absolute Gasteiger partial charge is 0.416 e. The fourth-order valence-electron chi connectivity index (χ4n) is 3.68. The van der Waals surface area contributed by atoms with Crippen LogP contribution in [0.25, 0.3) is 27.7 Å². The third kappa shape index (κ3) is 4.42. The molecule has 0 atom stereocenters. The van der Waals surface area contributed by atoms with E-state index in [0.717, 1.165) is 34.2 Å². The molecule has 2 aromatic carbocycles. The van der Waals surface area contributed by atoms with Gasteiger partial charge in [-0.05, 0) is 42.0 Å². The lowest BCUT2D eigenvalue weighted by molar-refractivity contribution is -0.137. The summed E-state index contributed by atoms with van der Waals surface area (Å²) in [7, 11) is 0. The van der Waals surface area contributed by atoms with Crippen molar-refractivity contribution in [1.82, 2.24) is 24.3 Å². The second-order valence-electron chi connectivity index (χ2n) is 7.78. The van der Waals surface area contributed by atoms with Crippen molar-refractivity contribution in [1.29, 1.82) is 0 Å². The standard InChI is InChI=1S/C24H19F3N6O/c25-24(26,27)18-2-4-19(5-3-18)33-14-17(12-30-33)16-1-6-21-20(11-16)22(13-29-21)31-23(34)7-9-32-10-8-28-15-32/h1-6,8,10-15,29H,7,9H2,(H,31,34). The van der Waals surface area contributed by atoms with E-state index in [0.29, 0.717) is 24.3 Å². The van der Waals surface area contributed by atoms with Crippen LogP contribution in [0.1, 0.15) is 12.0 Å². The van der Waals surface area contributed by atoms with Gasteiger partial charge < -0.3 is 14.9 Å². The molecule has 1 amide bonds. The van der Waals surface area contributed by atoms with E-state index in [2.05, 4.69) is 20.4 Å². The molecule has 0 bridgehead atoms. The molecule has 10 heteroatoms. The molecule has 3 heterocycles. The highest BCUT2D eigenvalue weighted by molar-refractivity contribution is 6.02. The predicted molar refractivity (Wildman–Crippen MR) is 121 cm³/mol. The molecule has 0 aliphatic carbocycles. The number of nitrogens with zero attached hydrogens (tertiary/aromatic N) is 4. The monoisotopic (exact) mass is 464 g/mol. The number of hydrogen-bond acceptors (Lipinski definition) is 3. The highest BCUT2D eigenvalue weighted by atomic mass is 19.4. The van der Waals surface area contributed by atoms with E-state index < -0.39 is 11.7 Å². The zero-order valence-electron chi connectivity index (χ0n) is 17.8. The molecule has 5 aromatic rings. The molecule has 34 heavy (non-hydrogen) atoms. The smallest absolute Gasteiger partial charge is 0.359 e. The number of imidazole rings is 1. The number of carbonyl (C=O) groups is 1. The number of H-pyrrole nitrogens is 1. The molecule has 0 spiro atoms. The Morgan fingerprint density at radius 3 is 2.65 bits per heavy atom. The van der Waals surface area contributed by atoms with Crippen molar-refractivity contribution < 1.29 is 18.0 Å². The second-order valence-corrected chi connectivity index (χ2v) is 7.78. The number of aromatic amines is 1. The lowest BCUT2D eigenvalue weighted by Crippen LogP contribution is -2.13. The zero-order valence-corrected chi connectivity index (χ0v) is 17.8. The van der Waals surface area contributed by atoms with Gasteiger partial charge in [0.05, 0.1) is 29.5 Å². The number of aromatic nitrogens is 5. The Morgan fingerprint density at radius 1 is 1.09 bits per heavy atom. The van der Waals surface area contributed by atoms with Gasteiger partial charge >= 0.3 is 6.18 Å². The Morgan fingerprint density at radius 2 is 1.91 bits per heavy atom. The quantitative estimate of drug-likeness (QED) is 0.360. The summed E-state index contributed by atoms with van der Waals surface area (Å²) < 4.78 is 41.8. The molecule has 3 aromatic heterocycles. The van der Waals surface area contributed by atoms with Gasteiger partial charge in [-0.25, -0.2) is 9.67 Å². The van der Waals surface area contributed by atoms with Gasteiger partial charge in [0.25, 0.3) is 0 Å². The molecule has 0 saturated carbocycles. The Labute approximate surface area is 191 Å². The van der Waals surface area contributed by atoms with Crippen molar-refractivity contribution in [3.63, 3.8) is 0 Å². The average Bonchev–Trinajstić information content (AvgIpc) is 3.58. The van der Waals surface area contributed by atoms with Gasteiger partial charge in [0.2, 0.25) is 5.91 Å². The van der Waals surface area contributed by atoms with Crippen LogP contribution < -0.4 is 5.32 Å². The van der Waals surface area contributed by atoms with Crippen LogP contribution in [0.4, 0.5) is 18.9 Å². The molecule has 0 unspecified atom stereocenters. The summed E-state index contributed by atoms with van der Waals surface area (Å²) in [6, 6.07) is 10.6. The maximum atomic E-state index is 12.8. The van der Waals surface area contributed by atoms with E-state index in [9.17, 15) is 18.0 Å². The maximum Gasteiger partial charge on any atom is 0.416 e. The number of alkyl halides is 3. The minimum Gasteiger partial charge on any atom is -0.359 e. The number of aryl methyl sites for hydroxylation is 1. The van der Waals surface area contributed by atoms with Crippen LogP contribution >= 0.6 is 0 Å². The molecule has 2 N–H and O–H groups in total. The fourth-order valence-corrected chi connectivity index (χ4v) is 3.68. The average molecular weight is 464 g/mol. The molecule has 0 aliphatic heterocycles. The number of carbonyl (C=O) groups excluding carboxylic acids is 1.